The van der Waals surface area contributed by atoms with E-state index >= 15 is 0 Å². The number of nitrogens with zero attached hydrogens (tertiary/aromatic N) is 3. The number of aromatic nitrogens is 2. The second kappa shape index (κ2) is 6.15. The minimum absolute atomic E-state index is 0.134. The Kier molecular flexibility index (Phi) is 4.26. The average Bonchev–Trinajstić information content (AvgIpc) is 2.75. The Morgan fingerprint density at radius 2 is 2.24 bits per heavy atom. The van der Waals surface area contributed by atoms with Crippen LogP contribution in [-0.2, 0) is 6.42 Å². The lowest BCUT2D eigenvalue weighted by Gasteiger charge is -2.30. The highest BCUT2D eigenvalue weighted by Crippen LogP contribution is 2.34. The van der Waals surface area contributed by atoms with Gasteiger partial charge in [-0.1, -0.05) is 19.8 Å². The summed E-state index contributed by atoms with van der Waals surface area (Å²) in [6, 6.07) is 2.31. The quantitative estimate of drug-likeness (QED) is 0.911. The summed E-state index contributed by atoms with van der Waals surface area (Å²) in [5, 5.41) is 10.8. The van der Waals surface area contributed by atoms with Crippen LogP contribution in [0, 0.1) is 0 Å². The van der Waals surface area contributed by atoms with E-state index in [2.05, 4.69) is 27.9 Å². The fourth-order valence-corrected chi connectivity index (χ4v) is 3.98. The van der Waals surface area contributed by atoms with Crippen LogP contribution < -0.4 is 10.6 Å². The van der Waals surface area contributed by atoms with Crippen LogP contribution in [0.2, 0.25) is 0 Å². The molecule has 5 nitrogen and oxygen atoms in total. The molecule has 1 unspecified atom stereocenters. The molecule has 3 rings (SSSR count). The molecule has 0 aliphatic carbocycles. The number of aliphatic hydroxyl groups excluding tert-OH is 1. The van der Waals surface area contributed by atoms with Gasteiger partial charge in [-0.3, -0.25) is 0 Å². The number of rotatable bonds is 3. The van der Waals surface area contributed by atoms with Gasteiger partial charge in [0.1, 0.15) is 10.6 Å². The summed E-state index contributed by atoms with van der Waals surface area (Å²) in [5.41, 5.74) is 5.90. The van der Waals surface area contributed by atoms with E-state index in [0.717, 1.165) is 48.3 Å². The fraction of sp³-hybridized carbons (Fsp3) is 0.600. The van der Waals surface area contributed by atoms with Crippen molar-refractivity contribution in [3.63, 3.8) is 0 Å². The number of nitrogen functional groups attached to an aromatic ring is 1. The first kappa shape index (κ1) is 14.5. The van der Waals surface area contributed by atoms with Crippen LogP contribution in [0.5, 0.6) is 0 Å². The second-order valence-corrected chi connectivity index (χ2v) is 6.68. The number of anilines is 2. The van der Waals surface area contributed by atoms with Gasteiger partial charge in [-0.2, -0.15) is 4.98 Å². The van der Waals surface area contributed by atoms with Crippen LogP contribution in [-0.4, -0.2) is 34.3 Å². The van der Waals surface area contributed by atoms with Crippen molar-refractivity contribution in [3.05, 3.63) is 10.9 Å². The normalized spacial score (nSPS) is 19.9. The Balaban J connectivity index is 2.10. The van der Waals surface area contributed by atoms with E-state index in [1.165, 1.54) is 11.3 Å². The van der Waals surface area contributed by atoms with Crippen LogP contribution in [0.25, 0.3) is 10.2 Å². The molecule has 3 N–H and O–H groups in total. The molecule has 2 aromatic heterocycles. The molecule has 1 aliphatic heterocycles. The van der Waals surface area contributed by atoms with Crippen molar-refractivity contribution in [2.75, 3.05) is 23.8 Å². The van der Waals surface area contributed by atoms with Gasteiger partial charge in [0, 0.05) is 11.4 Å². The van der Waals surface area contributed by atoms with Gasteiger partial charge >= 0.3 is 0 Å². The zero-order valence-electron chi connectivity index (χ0n) is 12.4. The van der Waals surface area contributed by atoms with Crippen LogP contribution in [0.1, 0.15) is 37.5 Å². The predicted molar refractivity (Wildman–Crippen MR) is 87.9 cm³/mol. The van der Waals surface area contributed by atoms with E-state index in [0.29, 0.717) is 5.95 Å². The highest BCUT2D eigenvalue weighted by Gasteiger charge is 2.24. The zero-order valence-corrected chi connectivity index (χ0v) is 13.2. The number of hydrogen-bond acceptors (Lipinski definition) is 6. The Morgan fingerprint density at radius 3 is 3.00 bits per heavy atom. The molecule has 114 valence electrons. The summed E-state index contributed by atoms with van der Waals surface area (Å²) in [6.07, 6.45) is 5.50. The Bertz CT molecular complexity index is 627. The van der Waals surface area contributed by atoms with E-state index in [-0.39, 0.29) is 12.6 Å². The SMILES string of the molecule is CCc1cc2c(N3CCCCCC3CO)nc(N)nc2s1. The molecule has 2 aromatic rings. The van der Waals surface area contributed by atoms with Crippen molar-refractivity contribution >= 4 is 33.3 Å². The van der Waals surface area contributed by atoms with E-state index in [1.54, 1.807) is 11.3 Å². The van der Waals surface area contributed by atoms with E-state index in [4.69, 9.17) is 5.73 Å². The summed E-state index contributed by atoms with van der Waals surface area (Å²) < 4.78 is 0. The van der Waals surface area contributed by atoms with Crippen LogP contribution in [0.4, 0.5) is 11.8 Å². The summed E-state index contributed by atoms with van der Waals surface area (Å²) >= 11 is 1.68. The number of aryl methyl sites for hydroxylation is 1. The molecule has 0 bridgehead atoms. The molecule has 0 aromatic carbocycles. The van der Waals surface area contributed by atoms with E-state index < -0.39 is 0 Å². The minimum Gasteiger partial charge on any atom is -0.394 e. The van der Waals surface area contributed by atoms with Gasteiger partial charge in [-0.05, 0) is 25.3 Å². The van der Waals surface area contributed by atoms with Crippen LogP contribution in [0.15, 0.2) is 6.07 Å². The topological polar surface area (TPSA) is 75.3 Å². The summed E-state index contributed by atoms with van der Waals surface area (Å²) in [4.78, 5) is 13.4. The van der Waals surface area contributed by atoms with E-state index in [1.807, 2.05) is 0 Å². The van der Waals surface area contributed by atoms with Gasteiger partial charge in [0.2, 0.25) is 5.95 Å². The van der Waals surface area contributed by atoms with Crippen molar-refractivity contribution in [3.8, 4) is 0 Å². The highest BCUT2D eigenvalue weighted by molar-refractivity contribution is 7.18. The van der Waals surface area contributed by atoms with Gasteiger partial charge in [-0.15, -0.1) is 11.3 Å². The largest absolute Gasteiger partial charge is 0.394 e. The molecule has 0 radical (unpaired) electrons. The van der Waals surface area contributed by atoms with Gasteiger partial charge < -0.3 is 15.7 Å². The molecule has 6 heteroatoms. The summed E-state index contributed by atoms with van der Waals surface area (Å²) in [6.45, 7) is 3.23. The summed E-state index contributed by atoms with van der Waals surface area (Å²) in [5.74, 6) is 1.22. The van der Waals surface area contributed by atoms with Crippen molar-refractivity contribution in [2.45, 2.75) is 45.1 Å². The molecule has 1 aliphatic rings. The molecule has 0 amide bonds. The maximum absolute atomic E-state index is 9.73. The predicted octanol–water partition coefficient (Wildman–Crippen LogP) is 2.58. The first-order valence-corrected chi connectivity index (χ1v) is 8.48. The third-order valence-electron chi connectivity index (χ3n) is 4.15. The number of thiophene rings is 1. The van der Waals surface area contributed by atoms with Gasteiger partial charge in [0.05, 0.1) is 18.0 Å². The lowest BCUT2D eigenvalue weighted by molar-refractivity contribution is 0.255. The molecule has 1 fully saturated rings. The molecule has 0 saturated carbocycles. The highest BCUT2D eigenvalue weighted by atomic mass is 32.1. The zero-order chi connectivity index (χ0) is 14.8. The third-order valence-corrected chi connectivity index (χ3v) is 5.32. The molecule has 1 saturated heterocycles. The van der Waals surface area contributed by atoms with Crippen molar-refractivity contribution in [2.24, 2.45) is 0 Å². The third kappa shape index (κ3) is 2.82. The van der Waals surface area contributed by atoms with Crippen molar-refractivity contribution < 1.29 is 5.11 Å². The monoisotopic (exact) mass is 306 g/mol. The Morgan fingerprint density at radius 1 is 1.38 bits per heavy atom. The van der Waals surface area contributed by atoms with Gasteiger partial charge in [0.15, 0.2) is 0 Å². The summed E-state index contributed by atoms with van der Waals surface area (Å²) in [7, 11) is 0. The Labute approximate surface area is 128 Å². The number of nitrogens with two attached hydrogens (primary N) is 1. The van der Waals surface area contributed by atoms with Crippen LogP contribution >= 0.6 is 11.3 Å². The molecular weight excluding hydrogens is 284 g/mol. The first-order valence-electron chi connectivity index (χ1n) is 7.66. The lowest BCUT2D eigenvalue weighted by atomic mass is 10.1. The second-order valence-electron chi connectivity index (χ2n) is 5.57. The standard InChI is InChI=1S/C15H22N4OS/c1-2-11-8-12-13(17-15(16)18-14(12)21-11)19-7-5-3-4-6-10(19)9-20/h8,10,20H,2-7,9H2,1H3,(H2,16,17,18). The minimum atomic E-state index is 0.134. The number of hydrogen-bond donors (Lipinski definition) is 2. The van der Waals surface area contributed by atoms with Gasteiger partial charge in [-0.25, -0.2) is 4.98 Å². The maximum Gasteiger partial charge on any atom is 0.223 e. The van der Waals surface area contributed by atoms with Crippen LogP contribution in [0.3, 0.4) is 0 Å². The van der Waals surface area contributed by atoms with Crippen molar-refractivity contribution in [1.29, 1.82) is 0 Å². The molecule has 1 atom stereocenters. The fourth-order valence-electron chi connectivity index (χ4n) is 3.01. The number of aliphatic hydroxyl groups is 1. The van der Waals surface area contributed by atoms with Gasteiger partial charge in [0.25, 0.3) is 0 Å². The molecular formula is C15H22N4OS. The molecule has 3 heterocycles. The first-order chi connectivity index (χ1) is 10.2. The maximum atomic E-state index is 9.73. The lowest BCUT2D eigenvalue weighted by Crippen LogP contribution is -2.38. The smallest absolute Gasteiger partial charge is 0.223 e. The Hall–Kier alpha value is -1.40. The molecule has 21 heavy (non-hydrogen) atoms. The van der Waals surface area contributed by atoms with Crippen molar-refractivity contribution in [1.82, 2.24) is 9.97 Å². The van der Waals surface area contributed by atoms with E-state index in [9.17, 15) is 5.11 Å². The average molecular weight is 306 g/mol. The molecule has 0 spiro atoms. The number of fused-ring (bicyclic) bond motifs is 1.